The maximum Gasteiger partial charge on any atom is 0.387 e. The molecule has 102 valence electrons. The van der Waals surface area contributed by atoms with E-state index in [1.807, 2.05) is 30.3 Å². The van der Waals surface area contributed by atoms with Gasteiger partial charge >= 0.3 is 6.61 Å². The summed E-state index contributed by atoms with van der Waals surface area (Å²) in [6.07, 6.45) is 0. The van der Waals surface area contributed by atoms with Crippen molar-refractivity contribution in [3.63, 3.8) is 0 Å². The number of hydrogen-bond donors (Lipinski definition) is 0. The van der Waals surface area contributed by atoms with Gasteiger partial charge in [-0.15, -0.1) is 0 Å². The Hall–Kier alpha value is -1.26. The fraction of sp³-hybridized carbons (Fsp3) is 0.0667. The third kappa shape index (κ3) is 4.12. The quantitative estimate of drug-likeness (QED) is 0.506. The van der Waals surface area contributed by atoms with E-state index in [4.69, 9.17) is 0 Å². The van der Waals surface area contributed by atoms with Crippen LogP contribution in [-0.2, 0) is 0 Å². The maximum absolute atomic E-state index is 12.5. The Balaban J connectivity index is 2.45. The third-order valence-corrected chi connectivity index (χ3v) is 3.36. The van der Waals surface area contributed by atoms with Crippen LogP contribution in [0.5, 0.6) is 5.75 Å². The average Bonchev–Trinajstić information content (AvgIpc) is 2.45. The molecule has 0 unspecified atom stereocenters. The van der Waals surface area contributed by atoms with E-state index in [0.717, 1.165) is 5.56 Å². The predicted octanol–water partition coefficient (Wildman–Crippen LogP) is 5.35. The molecule has 0 N–H and O–H groups in total. The van der Waals surface area contributed by atoms with Crippen LogP contribution in [0.2, 0.25) is 0 Å². The Morgan fingerprint density at radius 2 is 1.85 bits per heavy atom. The molecule has 0 saturated carbocycles. The molecule has 1 nitrogen and oxygen atoms in total. The van der Waals surface area contributed by atoms with E-state index in [1.54, 1.807) is 12.1 Å². The highest BCUT2D eigenvalue weighted by Gasteiger charge is 2.11. The van der Waals surface area contributed by atoms with Gasteiger partial charge in [-0.2, -0.15) is 8.78 Å². The van der Waals surface area contributed by atoms with Crippen LogP contribution < -0.4 is 4.74 Å². The lowest BCUT2D eigenvalue weighted by Crippen LogP contribution is -2.03. The summed E-state index contributed by atoms with van der Waals surface area (Å²) < 4.78 is 29.7. The minimum absolute atomic E-state index is 0.136. The largest absolute Gasteiger partial charge is 0.434 e. The smallest absolute Gasteiger partial charge is 0.387 e. The van der Waals surface area contributed by atoms with Gasteiger partial charge in [0.15, 0.2) is 0 Å². The second-order valence-electron chi connectivity index (χ2n) is 3.76. The summed E-state index contributed by atoms with van der Waals surface area (Å²) in [4.78, 5) is 0. The number of rotatable bonds is 3. The van der Waals surface area contributed by atoms with Gasteiger partial charge in [0.25, 0.3) is 0 Å². The summed E-state index contributed by atoms with van der Waals surface area (Å²) in [6, 6.07) is 14.3. The van der Waals surface area contributed by atoms with Gasteiger partial charge in [0.1, 0.15) is 5.75 Å². The number of alkyl halides is 2. The zero-order chi connectivity index (χ0) is 14.4. The first-order valence-corrected chi connectivity index (χ1v) is 8.99. The van der Waals surface area contributed by atoms with Gasteiger partial charge in [-0.25, -0.2) is 0 Å². The van der Waals surface area contributed by atoms with Gasteiger partial charge in [-0.3, -0.25) is 0 Å². The van der Waals surface area contributed by atoms with E-state index in [9.17, 15) is 8.78 Å². The van der Waals surface area contributed by atoms with E-state index < -0.39 is 6.61 Å². The second-order valence-corrected chi connectivity index (χ2v) is 5.44. The Morgan fingerprint density at radius 1 is 1.10 bits per heavy atom. The first kappa shape index (κ1) is 15.1. The highest BCUT2D eigenvalue weighted by molar-refractivity contribution is 14.2. The molecule has 5 heteroatoms. The van der Waals surface area contributed by atoms with Gasteiger partial charge in [0.2, 0.25) is 0 Å². The summed E-state index contributed by atoms with van der Waals surface area (Å²) in [7, 11) is 1.34. The topological polar surface area (TPSA) is 9.23 Å². The lowest BCUT2D eigenvalue weighted by Gasteiger charge is -2.11. The van der Waals surface area contributed by atoms with Gasteiger partial charge in [0, 0.05) is 32.3 Å². The van der Waals surface area contributed by atoms with Crippen molar-refractivity contribution in [1.29, 1.82) is 0 Å². The fourth-order valence-corrected chi connectivity index (χ4v) is 2.21. The van der Waals surface area contributed by atoms with Crippen molar-refractivity contribution in [3.8, 4) is 28.0 Å². The van der Waals surface area contributed by atoms with Crippen molar-refractivity contribution in [1.82, 2.24) is 0 Å². The number of halogens is 3. The first-order chi connectivity index (χ1) is 9.70. The molecule has 0 radical (unpaired) electrons. The predicted molar refractivity (Wildman–Crippen MR) is 87.0 cm³/mol. The molecule has 0 aliphatic carbocycles. The first-order valence-electron chi connectivity index (χ1n) is 5.63. The van der Waals surface area contributed by atoms with Crippen molar-refractivity contribution in [3.05, 3.63) is 54.1 Å². The minimum atomic E-state index is -2.86. The molecular weight excluding hydrogens is 393 g/mol. The van der Waals surface area contributed by atoms with Gasteiger partial charge in [-0.05, 0) is 37.9 Å². The second kappa shape index (κ2) is 7.50. The van der Waals surface area contributed by atoms with Crippen molar-refractivity contribution in [2.45, 2.75) is 6.61 Å². The molecule has 20 heavy (non-hydrogen) atoms. The van der Waals surface area contributed by atoms with E-state index in [1.165, 1.54) is 15.0 Å². The minimum Gasteiger partial charge on any atom is -0.434 e. The Kier molecular flexibility index (Phi) is 5.68. The molecule has 2 rings (SSSR count). The lowest BCUT2D eigenvalue weighted by atomic mass is 10.0. The molecule has 2 aromatic rings. The molecule has 0 amide bonds. The maximum atomic E-state index is 12.5. The molecule has 0 aliphatic rings. The molecule has 0 aliphatic heterocycles. The standard InChI is InChI=1S/C15H9F2IOS/c16-15(17)19-14-10-11(8-9-20-18)6-7-13(14)12-4-2-1-3-5-12/h1-7,10,15H. The van der Waals surface area contributed by atoms with Crippen LogP contribution in [0, 0.1) is 11.2 Å². The third-order valence-electron chi connectivity index (χ3n) is 2.52. The number of benzene rings is 2. The van der Waals surface area contributed by atoms with Crippen LogP contribution in [0.25, 0.3) is 11.1 Å². The van der Waals surface area contributed by atoms with Crippen molar-refractivity contribution in [2.24, 2.45) is 0 Å². The summed E-state index contributed by atoms with van der Waals surface area (Å²) in [6.45, 7) is -2.86. The van der Waals surface area contributed by atoms with Crippen molar-refractivity contribution >= 4 is 30.1 Å². The Labute approximate surface area is 132 Å². The highest BCUT2D eigenvalue weighted by Crippen LogP contribution is 2.32. The summed E-state index contributed by atoms with van der Waals surface area (Å²) >= 11 is 2.05. The summed E-state index contributed by atoms with van der Waals surface area (Å²) in [5.74, 6) is 3.00. The summed E-state index contributed by atoms with van der Waals surface area (Å²) in [5.41, 5.74) is 2.09. The van der Waals surface area contributed by atoms with Crippen LogP contribution in [0.1, 0.15) is 5.56 Å². The van der Waals surface area contributed by atoms with Crippen LogP contribution in [-0.4, -0.2) is 6.61 Å². The lowest BCUT2D eigenvalue weighted by molar-refractivity contribution is -0.0494. The van der Waals surface area contributed by atoms with Gasteiger partial charge < -0.3 is 4.74 Å². The van der Waals surface area contributed by atoms with Crippen LogP contribution in [0.4, 0.5) is 8.78 Å². The molecule has 0 fully saturated rings. The van der Waals surface area contributed by atoms with E-state index >= 15 is 0 Å². The van der Waals surface area contributed by atoms with Crippen LogP contribution in [0.15, 0.2) is 48.5 Å². The van der Waals surface area contributed by atoms with Gasteiger partial charge in [-0.1, -0.05) is 36.3 Å². The number of ether oxygens (including phenoxy) is 1. The molecular formula is C15H9F2IOS. The highest BCUT2D eigenvalue weighted by atomic mass is 127. The summed E-state index contributed by atoms with van der Waals surface area (Å²) in [5, 5.41) is 2.81. The Morgan fingerprint density at radius 3 is 2.50 bits per heavy atom. The SMILES string of the molecule is FC(F)Oc1cc(C#CSI)ccc1-c1ccccc1. The molecule has 0 aromatic heterocycles. The van der Waals surface area contributed by atoms with Crippen LogP contribution in [0.3, 0.4) is 0 Å². The fourth-order valence-electron chi connectivity index (χ4n) is 1.73. The molecule has 0 bridgehead atoms. The van der Waals surface area contributed by atoms with Gasteiger partial charge in [0.05, 0.1) is 0 Å². The Bertz CT molecular complexity index is 635. The number of hydrogen-bond acceptors (Lipinski definition) is 2. The van der Waals surface area contributed by atoms with Crippen molar-refractivity contribution in [2.75, 3.05) is 0 Å². The molecule has 2 aromatic carbocycles. The normalized spacial score (nSPS) is 10.0. The van der Waals surface area contributed by atoms with E-state index in [0.29, 0.717) is 11.1 Å². The molecule has 0 heterocycles. The monoisotopic (exact) mass is 402 g/mol. The average molecular weight is 402 g/mol. The zero-order valence-corrected chi connectivity index (χ0v) is 13.1. The molecule has 0 atom stereocenters. The molecule has 0 saturated heterocycles. The van der Waals surface area contributed by atoms with E-state index in [2.05, 4.69) is 37.1 Å². The van der Waals surface area contributed by atoms with E-state index in [-0.39, 0.29) is 5.75 Å². The van der Waals surface area contributed by atoms with Crippen LogP contribution >= 0.6 is 30.1 Å². The van der Waals surface area contributed by atoms with Crippen molar-refractivity contribution < 1.29 is 13.5 Å². The molecule has 0 spiro atoms. The zero-order valence-electron chi connectivity index (χ0n) is 10.1.